The zero-order valence-electron chi connectivity index (χ0n) is 18.6. The van der Waals surface area contributed by atoms with Gasteiger partial charge in [-0.3, -0.25) is 9.48 Å². The number of amides is 1. The number of carbonyl (C=O) groups is 1. The summed E-state index contributed by atoms with van der Waals surface area (Å²) < 4.78 is 38.6. The zero-order valence-corrected chi connectivity index (χ0v) is 18.6. The van der Waals surface area contributed by atoms with Crippen molar-refractivity contribution in [2.75, 3.05) is 29.7 Å². The van der Waals surface area contributed by atoms with E-state index in [9.17, 15) is 13.6 Å². The maximum atomic E-state index is 13.0. The lowest BCUT2D eigenvalue weighted by atomic mass is 9.81. The van der Waals surface area contributed by atoms with Crippen LogP contribution in [0.15, 0.2) is 18.5 Å². The predicted molar refractivity (Wildman–Crippen MR) is 115 cm³/mol. The molecule has 32 heavy (non-hydrogen) atoms. The molecule has 2 unspecified atom stereocenters. The van der Waals surface area contributed by atoms with E-state index in [0.29, 0.717) is 30.3 Å². The zero-order chi connectivity index (χ0) is 23.0. The molecule has 1 aliphatic carbocycles. The van der Waals surface area contributed by atoms with E-state index in [1.165, 1.54) is 7.11 Å². The van der Waals surface area contributed by atoms with Gasteiger partial charge < -0.3 is 25.0 Å². The summed E-state index contributed by atoms with van der Waals surface area (Å²) in [5, 5.41) is 10.4. The molecule has 174 valence electrons. The van der Waals surface area contributed by atoms with Gasteiger partial charge in [-0.1, -0.05) is 0 Å². The Morgan fingerprint density at radius 3 is 2.84 bits per heavy atom. The molecule has 1 aliphatic heterocycles. The Morgan fingerprint density at radius 1 is 1.41 bits per heavy atom. The van der Waals surface area contributed by atoms with Crippen molar-refractivity contribution in [2.45, 2.75) is 58.2 Å². The van der Waals surface area contributed by atoms with E-state index in [1.54, 1.807) is 29.7 Å². The number of halogens is 2. The van der Waals surface area contributed by atoms with Gasteiger partial charge in [-0.05, 0) is 19.8 Å². The summed E-state index contributed by atoms with van der Waals surface area (Å²) in [5.74, 6) is -2.20. The lowest BCUT2D eigenvalue weighted by Crippen LogP contribution is -2.49. The standard InChI is InChI=1S/C21H28F2N6O3/c1-12-18-16(28(3)20(19(30)27-18)32-13(2)31-4)5-17(26-12)24-8-15-9-25-29(11-15)10-14-6-21(22,23)7-14/h5,9,11,13-14,20H,6-8,10H2,1-4H3,(H,24,26)(H,27,30). The second-order valence-corrected chi connectivity index (χ2v) is 8.43. The van der Waals surface area contributed by atoms with Crippen molar-refractivity contribution in [1.29, 1.82) is 0 Å². The minimum atomic E-state index is -2.52. The van der Waals surface area contributed by atoms with Crippen LogP contribution in [0, 0.1) is 12.8 Å². The molecule has 2 atom stereocenters. The molecule has 0 radical (unpaired) electrons. The van der Waals surface area contributed by atoms with Crippen LogP contribution >= 0.6 is 0 Å². The van der Waals surface area contributed by atoms with Crippen molar-refractivity contribution < 1.29 is 23.0 Å². The molecule has 1 fully saturated rings. The monoisotopic (exact) mass is 450 g/mol. The van der Waals surface area contributed by atoms with E-state index < -0.39 is 18.4 Å². The van der Waals surface area contributed by atoms with E-state index in [2.05, 4.69) is 20.7 Å². The third-order valence-electron chi connectivity index (χ3n) is 5.82. The van der Waals surface area contributed by atoms with Gasteiger partial charge >= 0.3 is 0 Å². The fraction of sp³-hybridized carbons (Fsp3) is 0.571. The van der Waals surface area contributed by atoms with Crippen LogP contribution in [-0.2, 0) is 27.4 Å². The molecular weight excluding hydrogens is 422 g/mol. The Kier molecular flexibility index (Phi) is 6.04. The summed E-state index contributed by atoms with van der Waals surface area (Å²) in [6.45, 7) is 4.52. The SMILES string of the molecule is COC(C)OC1C(=O)Nc2c(cc(NCc3cnn(CC4CC(F)(F)C4)c3)nc2C)N1C. The third-order valence-corrected chi connectivity index (χ3v) is 5.82. The molecule has 9 nitrogen and oxygen atoms in total. The van der Waals surface area contributed by atoms with Gasteiger partial charge in [0.25, 0.3) is 5.91 Å². The molecule has 0 aromatic carbocycles. The van der Waals surface area contributed by atoms with Crippen LogP contribution < -0.4 is 15.5 Å². The van der Waals surface area contributed by atoms with Crippen molar-refractivity contribution in [3.63, 3.8) is 0 Å². The minimum absolute atomic E-state index is 0.0302. The molecule has 2 aliphatic rings. The molecule has 4 rings (SSSR count). The molecule has 11 heteroatoms. The van der Waals surface area contributed by atoms with Crippen LogP contribution in [0.4, 0.5) is 26.0 Å². The highest BCUT2D eigenvalue weighted by atomic mass is 19.3. The highest BCUT2D eigenvalue weighted by Gasteiger charge is 2.45. The minimum Gasteiger partial charge on any atom is -0.366 e. The normalized spacial score (nSPS) is 21.0. The summed E-state index contributed by atoms with van der Waals surface area (Å²) in [5.41, 5.74) is 3.00. The van der Waals surface area contributed by atoms with Crippen molar-refractivity contribution in [1.82, 2.24) is 14.8 Å². The topological polar surface area (TPSA) is 93.5 Å². The number of pyridine rings is 1. The maximum Gasteiger partial charge on any atom is 0.274 e. The van der Waals surface area contributed by atoms with E-state index in [4.69, 9.17) is 9.47 Å². The Morgan fingerprint density at radius 2 is 2.16 bits per heavy atom. The summed E-state index contributed by atoms with van der Waals surface area (Å²) in [6, 6.07) is 1.84. The first-order valence-corrected chi connectivity index (χ1v) is 10.5. The van der Waals surface area contributed by atoms with Crippen LogP contribution in [0.25, 0.3) is 0 Å². The van der Waals surface area contributed by atoms with Gasteiger partial charge in [0.1, 0.15) is 5.82 Å². The number of aryl methyl sites for hydroxylation is 1. The van der Waals surface area contributed by atoms with E-state index in [0.717, 1.165) is 11.3 Å². The quantitative estimate of drug-likeness (QED) is 0.597. The van der Waals surface area contributed by atoms with Crippen LogP contribution in [-0.4, -0.2) is 53.3 Å². The van der Waals surface area contributed by atoms with Crippen LogP contribution in [0.1, 0.15) is 31.0 Å². The number of nitrogens with one attached hydrogen (secondary N) is 2. The first kappa shape index (κ1) is 22.4. The van der Waals surface area contributed by atoms with E-state index in [1.807, 2.05) is 19.2 Å². The van der Waals surface area contributed by atoms with Crippen LogP contribution in [0.3, 0.4) is 0 Å². The molecule has 0 saturated heterocycles. The van der Waals surface area contributed by atoms with Crippen molar-refractivity contribution in [2.24, 2.45) is 5.92 Å². The van der Waals surface area contributed by atoms with Gasteiger partial charge in [0.15, 0.2) is 6.29 Å². The smallest absolute Gasteiger partial charge is 0.274 e. The molecule has 2 N–H and O–H groups in total. The number of fused-ring (bicyclic) bond motifs is 1. The Balaban J connectivity index is 1.41. The summed E-state index contributed by atoms with van der Waals surface area (Å²) in [6.07, 6.45) is 2.06. The van der Waals surface area contributed by atoms with Gasteiger partial charge in [-0.15, -0.1) is 0 Å². The largest absolute Gasteiger partial charge is 0.366 e. The van der Waals surface area contributed by atoms with Crippen LogP contribution in [0.2, 0.25) is 0 Å². The molecule has 2 aromatic rings. The predicted octanol–water partition coefficient (Wildman–Crippen LogP) is 2.97. The van der Waals surface area contributed by atoms with Crippen molar-refractivity contribution >= 4 is 23.1 Å². The molecule has 1 saturated carbocycles. The molecule has 0 bridgehead atoms. The maximum absolute atomic E-state index is 13.0. The number of aromatic nitrogens is 3. The molecule has 3 heterocycles. The van der Waals surface area contributed by atoms with E-state index >= 15 is 0 Å². The summed E-state index contributed by atoms with van der Waals surface area (Å²) >= 11 is 0. The number of carbonyl (C=O) groups excluding carboxylic acids is 1. The first-order chi connectivity index (χ1) is 15.1. The summed E-state index contributed by atoms with van der Waals surface area (Å²) in [4.78, 5) is 18.8. The number of likely N-dealkylation sites (N-methyl/N-ethyl adjacent to an activating group) is 1. The van der Waals surface area contributed by atoms with E-state index in [-0.39, 0.29) is 24.7 Å². The average molecular weight is 450 g/mol. The molecule has 0 spiro atoms. The number of anilines is 3. The number of methoxy groups -OCH3 is 1. The number of hydrogen-bond acceptors (Lipinski definition) is 7. The highest BCUT2D eigenvalue weighted by Crippen LogP contribution is 2.43. The molecule has 2 aromatic heterocycles. The van der Waals surface area contributed by atoms with Crippen molar-refractivity contribution in [3.8, 4) is 0 Å². The number of nitrogens with zero attached hydrogens (tertiary/aromatic N) is 4. The van der Waals surface area contributed by atoms with Gasteiger partial charge in [0.05, 0.1) is 23.3 Å². The van der Waals surface area contributed by atoms with Gasteiger partial charge in [0.2, 0.25) is 12.2 Å². The third kappa shape index (κ3) is 4.68. The second kappa shape index (κ2) is 8.62. The first-order valence-electron chi connectivity index (χ1n) is 10.5. The number of ether oxygens (including phenoxy) is 2. The Bertz CT molecular complexity index is 990. The fourth-order valence-electron chi connectivity index (χ4n) is 4.03. The van der Waals surface area contributed by atoms with Gasteiger partial charge in [-0.25, -0.2) is 13.8 Å². The number of alkyl halides is 2. The van der Waals surface area contributed by atoms with Gasteiger partial charge in [-0.2, -0.15) is 5.10 Å². The Hall–Kier alpha value is -2.79. The lowest BCUT2D eigenvalue weighted by molar-refractivity contribution is -0.160. The average Bonchev–Trinajstić information content (AvgIpc) is 3.16. The second-order valence-electron chi connectivity index (χ2n) is 8.43. The van der Waals surface area contributed by atoms with Crippen LogP contribution in [0.5, 0.6) is 0 Å². The van der Waals surface area contributed by atoms with Gasteiger partial charge in [0, 0.05) is 57.9 Å². The number of hydrogen-bond donors (Lipinski definition) is 2. The summed E-state index contributed by atoms with van der Waals surface area (Å²) in [7, 11) is 3.29. The highest BCUT2D eigenvalue weighted by molar-refractivity contribution is 6.03. The lowest BCUT2D eigenvalue weighted by Gasteiger charge is -2.36. The molecule has 1 amide bonds. The fourth-order valence-corrected chi connectivity index (χ4v) is 4.03. The molecular formula is C21H28F2N6O3. The van der Waals surface area contributed by atoms with Crippen molar-refractivity contribution in [3.05, 3.63) is 29.7 Å². The Labute approximate surface area is 185 Å². The number of rotatable bonds is 8.